The third-order valence-corrected chi connectivity index (χ3v) is 5.65. The quantitative estimate of drug-likeness (QED) is 0.663. The number of aromatic nitrogens is 1. The number of pyridine rings is 1. The van der Waals surface area contributed by atoms with Crippen molar-refractivity contribution in [3.05, 3.63) is 87.9 Å². The van der Waals surface area contributed by atoms with Crippen LogP contribution in [-0.2, 0) is 5.41 Å². The minimum atomic E-state index is -0.110. The molecule has 2 heterocycles. The summed E-state index contributed by atoms with van der Waals surface area (Å²) in [5.74, 6) is -0.0137. The number of ketones is 1. The van der Waals surface area contributed by atoms with Crippen LogP contribution in [0.15, 0.2) is 59.8 Å². The van der Waals surface area contributed by atoms with E-state index in [1.807, 2.05) is 37.3 Å². The van der Waals surface area contributed by atoms with Crippen LogP contribution in [-0.4, -0.2) is 17.8 Å². The number of allylic oxidation sites excluding steroid dienone is 5. The van der Waals surface area contributed by atoms with Gasteiger partial charge < -0.3 is 4.90 Å². The first-order valence-electron chi connectivity index (χ1n) is 9.27. The molecule has 3 nitrogen and oxygen atoms in total. The smallest absolute Gasteiger partial charge is 0.211 e. The Morgan fingerprint density at radius 2 is 1.81 bits per heavy atom. The molecule has 3 heteroatoms. The number of benzene rings is 1. The monoisotopic (exact) mass is 356 g/mol. The van der Waals surface area contributed by atoms with Gasteiger partial charge in [-0.3, -0.25) is 4.79 Å². The Morgan fingerprint density at radius 1 is 1.04 bits per heavy atom. The molecule has 0 saturated heterocycles. The molecule has 0 atom stereocenters. The maximum absolute atomic E-state index is 12.9. The van der Waals surface area contributed by atoms with E-state index in [1.54, 1.807) is 0 Å². The van der Waals surface area contributed by atoms with Gasteiger partial charge in [-0.2, -0.15) is 0 Å². The number of Topliss-reactive ketones (excluding diaryl/α,β-unsaturated/α-hetero) is 1. The third-order valence-electron chi connectivity index (χ3n) is 5.65. The number of likely N-dealkylation sites (N-methyl/N-ethyl adjacent to an activating group) is 1. The van der Waals surface area contributed by atoms with E-state index in [1.165, 1.54) is 22.5 Å². The van der Waals surface area contributed by atoms with E-state index in [0.717, 1.165) is 11.3 Å². The van der Waals surface area contributed by atoms with Crippen molar-refractivity contribution in [3.8, 4) is 0 Å². The Labute approximate surface area is 160 Å². The number of carbonyl (C=O) groups excluding carboxylic acids is 1. The second-order valence-corrected chi connectivity index (χ2v) is 7.88. The van der Waals surface area contributed by atoms with Crippen LogP contribution in [0.5, 0.6) is 0 Å². The highest BCUT2D eigenvalue weighted by atomic mass is 16.1. The molecule has 1 aliphatic heterocycles. The van der Waals surface area contributed by atoms with Crippen LogP contribution in [0.1, 0.15) is 46.7 Å². The van der Waals surface area contributed by atoms with Gasteiger partial charge in [0, 0.05) is 40.7 Å². The summed E-state index contributed by atoms with van der Waals surface area (Å²) in [6.45, 7) is 8.52. The van der Waals surface area contributed by atoms with Gasteiger partial charge in [0.1, 0.15) is 5.69 Å². The first kappa shape index (κ1) is 17.5. The normalized spacial score (nSPS) is 20.3. The molecule has 0 amide bonds. The van der Waals surface area contributed by atoms with Gasteiger partial charge in [0.2, 0.25) is 5.78 Å². The zero-order chi connectivity index (χ0) is 19.3. The van der Waals surface area contributed by atoms with E-state index in [9.17, 15) is 4.79 Å². The molecule has 0 fully saturated rings. The minimum Gasteiger partial charge on any atom is -0.347 e. The maximum Gasteiger partial charge on any atom is 0.211 e. The number of para-hydroxylation sites is 1. The molecular formula is C24H24N2O. The van der Waals surface area contributed by atoms with Gasteiger partial charge in [-0.15, -0.1) is 0 Å². The van der Waals surface area contributed by atoms with Gasteiger partial charge in [0.05, 0.1) is 0 Å². The number of hydrogen-bond acceptors (Lipinski definition) is 3. The lowest BCUT2D eigenvalue weighted by Crippen LogP contribution is -2.22. The molecule has 0 N–H and O–H groups in total. The molecule has 0 bridgehead atoms. The van der Waals surface area contributed by atoms with E-state index in [4.69, 9.17) is 0 Å². The van der Waals surface area contributed by atoms with Crippen LogP contribution in [0.3, 0.4) is 0 Å². The summed E-state index contributed by atoms with van der Waals surface area (Å²) < 4.78 is 0. The number of anilines is 1. The van der Waals surface area contributed by atoms with Gasteiger partial charge in [-0.1, -0.05) is 50.3 Å². The molecule has 1 aromatic carbocycles. The van der Waals surface area contributed by atoms with Gasteiger partial charge in [0.15, 0.2) is 0 Å². The van der Waals surface area contributed by atoms with Gasteiger partial charge in [0.25, 0.3) is 0 Å². The maximum atomic E-state index is 12.9. The predicted molar refractivity (Wildman–Crippen MR) is 111 cm³/mol. The Kier molecular flexibility index (Phi) is 3.92. The summed E-state index contributed by atoms with van der Waals surface area (Å²) in [5, 5.41) is 0. The van der Waals surface area contributed by atoms with Crippen LogP contribution >= 0.6 is 0 Å². The summed E-state index contributed by atoms with van der Waals surface area (Å²) >= 11 is 0. The highest BCUT2D eigenvalue weighted by Gasteiger charge is 2.38. The highest BCUT2D eigenvalue weighted by molar-refractivity contribution is 6.14. The van der Waals surface area contributed by atoms with Crippen molar-refractivity contribution >= 4 is 17.5 Å². The highest BCUT2D eigenvalue weighted by Crippen LogP contribution is 2.48. The van der Waals surface area contributed by atoms with E-state index in [-0.39, 0.29) is 11.2 Å². The van der Waals surface area contributed by atoms with Crippen molar-refractivity contribution in [1.29, 1.82) is 0 Å². The lowest BCUT2D eigenvalue weighted by molar-refractivity contribution is 0.103. The first-order valence-corrected chi connectivity index (χ1v) is 9.27. The molecule has 0 saturated carbocycles. The summed E-state index contributed by atoms with van der Waals surface area (Å²) in [4.78, 5) is 19.5. The van der Waals surface area contributed by atoms with Gasteiger partial charge in [-0.25, -0.2) is 4.98 Å². The van der Waals surface area contributed by atoms with E-state index in [0.29, 0.717) is 11.3 Å². The van der Waals surface area contributed by atoms with Crippen LogP contribution in [0.2, 0.25) is 0 Å². The third kappa shape index (κ3) is 2.66. The van der Waals surface area contributed by atoms with Gasteiger partial charge in [-0.05, 0) is 43.2 Å². The minimum absolute atomic E-state index is 0.0137. The fraction of sp³-hybridized carbons (Fsp3) is 0.250. The standard InChI is InChI=1S/C24H24N2O/c1-15-7-6-8-19-22(15)26(5)20(24(19,3)4)14-13-18-12-11-17-10-9-16(2)25-21(17)23(18)27/h6-14H,1-5H3/b18-13+,20-14-. The zero-order valence-corrected chi connectivity index (χ0v) is 16.5. The second kappa shape index (κ2) is 6.05. The summed E-state index contributed by atoms with van der Waals surface area (Å²) in [5.41, 5.74) is 7.88. The summed E-state index contributed by atoms with van der Waals surface area (Å²) in [7, 11) is 2.10. The lowest BCUT2D eigenvalue weighted by atomic mass is 9.83. The number of fused-ring (bicyclic) bond motifs is 2. The first-order chi connectivity index (χ1) is 12.8. The van der Waals surface area contributed by atoms with Crippen molar-refractivity contribution in [3.63, 3.8) is 0 Å². The number of aryl methyl sites for hydroxylation is 2. The van der Waals surface area contributed by atoms with Crippen LogP contribution in [0, 0.1) is 13.8 Å². The Balaban J connectivity index is 1.75. The Hall–Kier alpha value is -2.94. The molecule has 1 aromatic heterocycles. The molecule has 2 aromatic rings. The molecule has 2 aliphatic rings. The van der Waals surface area contributed by atoms with Crippen LogP contribution < -0.4 is 4.90 Å². The molecule has 27 heavy (non-hydrogen) atoms. The van der Waals surface area contributed by atoms with Gasteiger partial charge >= 0.3 is 0 Å². The van der Waals surface area contributed by atoms with Crippen molar-refractivity contribution in [2.75, 3.05) is 11.9 Å². The largest absolute Gasteiger partial charge is 0.347 e. The number of hydrogen-bond donors (Lipinski definition) is 0. The fourth-order valence-electron chi connectivity index (χ4n) is 4.18. The fourth-order valence-corrected chi connectivity index (χ4v) is 4.18. The summed E-state index contributed by atoms with van der Waals surface area (Å²) in [6, 6.07) is 10.3. The van der Waals surface area contributed by atoms with Crippen molar-refractivity contribution in [2.45, 2.75) is 33.1 Å². The second-order valence-electron chi connectivity index (χ2n) is 7.88. The van der Waals surface area contributed by atoms with Crippen molar-refractivity contribution < 1.29 is 4.79 Å². The average molecular weight is 356 g/mol. The molecule has 1 aliphatic carbocycles. The van der Waals surface area contributed by atoms with Crippen molar-refractivity contribution in [1.82, 2.24) is 4.98 Å². The molecule has 0 spiro atoms. The Morgan fingerprint density at radius 3 is 2.56 bits per heavy atom. The topological polar surface area (TPSA) is 33.2 Å². The predicted octanol–water partition coefficient (Wildman–Crippen LogP) is 5.15. The zero-order valence-electron chi connectivity index (χ0n) is 16.5. The molecular weight excluding hydrogens is 332 g/mol. The van der Waals surface area contributed by atoms with E-state index >= 15 is 0 Å². The average Bonchev–Trinajstić information content (AvgIpc) is 2.82. The van der Waals surface area contributed by atoms with Crippen LogP contribution in [0.25, 0.3) is 6.08 Å². The molecule has 4 rings (SSSR count). The lowest BCUT2D eigenvalue weighted by Gasteiger charge is -2.24. The summed E-state index contributed by atoms with van der Waals surface area (Å²) in [6.07, 6.45) is 7.87. The van der Waals surface area contributed by atoms with Crippen molar-refractivity contribution in [2.24, 2.45) is 0 Å². The molecule has 136 valence electrons. The molecule has 0 radical (unpaired) electrons. The number of rotatable bonds is 1. The SMILES string of the molecule is Cc1ccc2c(n1)C(=O)/C(=C/C=C1\N(C)c3c(C)cccc3C1(C)C)C=C2. The Bertz CT molecular complexity index is 1050. The number of nitrogens with zero attached hydrogens (tertiary/aromatic N) is 2. The van der Waals surface area contributed by atoms with E-state index in [2.05, 4.69) is 62.0 Å². The molecule has 0 unspecified atom stereocenters. The van der Waals surface area contributed by atoms with E-state index < -0.39 is 0 Å². The van der Waals surface area contributed by atoms with Crippen LogP contribution in [0.4, 0.5) is 5.69 Å². The number of carbonyl (C=O) groups is 1.